The van der Waals surface area contributed by atoms with E-state index in [0.29, 0.717) is 0 Å². The van der Waals surface area contributed by atoms with Crippen molar-refractivity contribution < 1.29 is 0 Å². The Morgan fingerprint density at radius 3 is 2.58 bits per heavy atom. The molecule has 3 nitrogen and oxygen atoms in total. The Bertz CT molecular complexity index is 581. The number of aromatic nitrogens is 3. The van der Waals surface area contributed by atoms with Crippen molar-refractivity contribution in [1.82, 2.24) is 14.8 Å². The number of hydrogen-bond donors (Lipinski definition) is 1. The third-order valence-corrected chi connectivity index (χ3v) is 3.81. The summed E-state index contributed by atoms with van der Waals surface area (Å²) in [7, 11) is 0. The molecule has 0 atom stereocenters. The first-order valence-electron chi connectivity index (χ1n) is 6.75. The molecule has 0 amide bonds. The van der Waals surface area contributed by atoms with Crippen LogP contribution in [-0.4, -0.2) is 14.8 Å². The predicted octanol–water partition coefficient (Wildman–Crippen LogP) is 3.87. The van der Waals surface area contributed by atoms with E-state index in [1.807, 2.05) is 0 Å². The Hall–Kier alpha value is -1.42. The van der Waals surface area contributed by atoms with Crippen LogP contribution in [0.3, 0.4) is 0 Å². The van der Waals surface area contributed by atoms with Gasteiger partial charge in [0, 0.05) is 12.0 Å². The van der Waals surface area contributed by atoms with Crippen molar-refractivity contribution in [2.75, 3.05) is 0 Å². The minimum absolute atomic E-state index is 0.0226. The number of nitrogens with zero attached hydrogens (tertiary/aromatic N) is 2. The van der Waals surface area contributed by atoms with Gasteiger partial charge < -0.3 is 0 Å². The summed E-state index contributed by atoms with van der Waals surface area (Å²) in [4.78, 5) is 0. The molecule has 2 aromatic rings. The van der Waals surface area contributed by atoms with Crippen LogP contribution in [0.15, 0.2) is 30.3 Å². The predicted molar refractivity (Wildman–Crippen MR) is 80.9 cm³/mol. The summed E-state index contributed by atoms with van der Waals surface area (Å²) in [5, 5.41) is 7.21. The van der Waals surface area contributed by atoms with Crippen LogP contribution in [0, 0.1) is 4.77 Å². The molecule has 4 heteroatoms. The number of H-pyrrole nitrogens is 1. The Balaban J connectivity index is 2.18. The van der Waals surface area contributed by atoms with Crippen LogP contribution < -0.4 is 0 Å². The summed E-state index contributed by atoms with van der Waals surface area (Å²) >= 11 is 5.36. The lowest BCUT2D eigenvalue weighted by molar-refractivity contribution is 0.314. The molecule has 102 valence electrons. The first kappa shape index (κ1) is 14.0. The number of hydrogen-bond acceptors (Lipinski definition) is 2. The molecule has 19 heavy (non-hydrogen) atoms. The summed E-state index contributed by atoms with van der Waals surface area (Å²) in [5.74, 6) is 1.03. The Labute approximate surface area is 119 Å². The van der Waals surface area contributed by atoms with E-state index in [4.69, 9.17) is 12.2 Å². The monoisotopic (exact) mass is 275 g/mol. The first-order chi connectivity index (χ1) is 9.04. The first-order valence-corrected chi connectivity index (χ1v) is 7.16. The molecule has 0 bridgehead atoms. The van der Waals surface area contributed by atoms with Gasteiger partial charge in [0.1, 0.15) is 5.82 Å². The molecule has 1 heterocycles. The third kappa shape index (κ3) is 3.13. The Morgan fingerprint density at radius 1 is 1.26 bits per heavy atom. The molecular formula is C15H21N3S. The van der Waals surface area contributed by atoms with Crippen LogP contribution in [0.2, 0.25) is 0 Å². The summed E-state index contributed by atoms with van der Waals surface area (Å²) < 4.78 is 2.88. The van der Waals surface area contributed by atoms with Crippen LogP contribution >= 0.6 is 12.2 Å². The standard InChI is InChI=1S/C15H21N3S/c1-4-13-16-17-14(19)18(13)15(2,3)11-10-12-8-6-5-7-9-12/h5-9H,4,10-11H2,1-3H3,(H,17,19). The molecule has 0 unspecified atom stereocenters. The molecule has 0 aliphatic rings. The lowest BCUT2D eigenvalue weighted by atomic mass is 9.95. The molecule has 0 aliphatic carbocycles. The quantitative estimate of drug-likeness (QED) is 0.840. The number of rotatable bonds is 5. The second kappa shape index (κ2) is 5.70. The SMILES string of the molecule is CCc1n[nH]c(=S)n1C(C)(C)CCc1ccccc1. The minimum atomic E-state index is -0.0226. The number of benzene rings is 1. The van der Waals surface area contributed by atoms with Gasteiger partial charge in [-0.3, -0.25) is 9.67 Å². The normalized spacial score (nSPS) is 11.7. The van der Waals surface area contributed by atoms with Crippen molar-refractivity contribution >= 4 is 12.2 Å². The molecule has 0 aliphatic heterocycles. The zero-order valence-corrected chi connectivity index (χ0v) is 12.6. The zero-order valence-electron chi connectivity index (χ0n) is 11.8. The molecule has 1 N–H and O–H groups in total. The molecule has 0 fully saturated rings. The fourth-order valence-electron chi connectivity index (χ4n) is 2.40. The second-order valence-electron chi connectivity index (χ2n) is 5.43. The van der Waals surface area contributed by atoms with E-state index in [0.717, 1.165) is 29.9 Å². The van der Waals surface area contributed by atoms with E-state index in [-0.39, 0.29) is 5.54 Å². The van der Waals surface area contributed by atoms with Crippen LogP contribution in [0.1, 0.15) is 38.6 Å². The van der Waals surface area contributed by atoms with Gasteiger partial charge in [0.05, 0.1) is 0 Å². The third-order valence-electron chi connectivity index (χ3n) is 3.53. The maximum atomic E-state index is 5.36. The topological polar surface area (TPSA) is 33.6 Å². The van der Waals surface area contributed by atoms with E-state index in [1.165, 1.54) is 5.56 Å². The van der Waals surface area contributed by atoms with Crippen LogP contribution in [0.25, 0.3) is 0 Å². The summed E-state index contributed by atoms with van der Waals surface area (Å²) in [5.41, 5.74) is 1.34. The zero-order chi connectivity index (χ0) is 13.9. The van der Waals surface area contributed by atoms with E-state index >= 15 is 0 Å². The molecule has 2 rings (SSSR count). The lowest BCUT2D eigenvalue weighted by Crippen LogP contribution is -2.29. The number of aromatic amines is 1. The highest BCUT2D eigenvalue weighted by Gasteiger charge is 2.23. The molecule has 0 radical (unpaired) electrons. The van der Waals surface area contributed by atoms with Gasteiger partial charge in [-0.15, -0.1) is 0 Å². The molecule has 0 saturated heterocycles. The van der Waals surface area contributed by atoms with Gasteiger partial charge in [-0.2, -0.15) is 5.10 Å². The smallest absolute Gasteiger partial charge is 0.195 e. The molecule has 0 spiro atoms. The maximum absolute atomic E-state index is 5.36. The summed E-state index contributed by atoms with van der Waals surface area (Å²) in [6.45, 7) is 6.55. The fraction of sp³-hybridized carbons (Fsp3) is 0.467. The summed E-state index contributed by atoms with van der Waals surface area (Å²) in [6.07, 6.45) is 2.98. The van der Waals surface area contributed by atoms with Crippen molar-refractivity contribution in [1.29, 1.82) is 0 Å². The number of nitrogens with one attached hydrogen (secondary N) is 1. The van der Waals surface area contributed by atoms with E-state index in [2.05, 4.69) is 65.9 Å². The Kier molecular flexibility index (Phi) is 4.20. The van der Waals surface area contributed by atoms with Gasteiger partial charge in [-0.25, -0.2) is 0 Å². The van der Waals surface area contributed by atoms with E-state index in [1.54, 1.807) is 0 Å². The molecule has 0 saturated carbocycles. The van der Waals surface area contributed by atoms with Crippen molar-refractivity contribution in [2.45, 2.75) is 45.6 Å². The highest BCUT2D eigenvalue weighted by atomic mass is 32.1. The van der Waals surface area contributed by atoms with Gasteiger partial charge in [-0.1, -0.05) is 37.3 Å². The van der Waals surface area contributed by atoms with Crippen LogP contribution in [0.4, 0.5) is 0 Å². The van der Waals surface area contributed by atoms with E-state index in [9.17, 15) is 0 Å². The van der Waals surface area contributed by atoms with Crippen molar-refractivity contribution in [3.05, 3.63) is 46.5 Å². The maximum Gasteiger partial charge on any atom is 0.195 e. The minimum Gasteiger partial charge on any atom is -0.298 e. The fourth-order valence-corrected chi connectivity index (χ4v) is 2.80. The molecule has 1 aromatic heterocycles. The summed E-state index contributed by atoms with van der Waals surface area (Å²) in [6, 6.07) is 10.6. The van der Waals surface area contributed by atoms with Gasteiger partial charge >= 0.3 is 0 Å². The Morgan fingerprint density at radius 2 is 1.95 bits per heavy atom. The highest BCUT2D eigenvalue weighted by molar-refractivity contribution is 7.71. The van der Waals surface area contributed by atoms with Crippen LogP contribution in [-0.2, 0) is 18.4 Å². The lowest BCUT2D eigenvalue weighted by Gasteiger charge is -2.28. The van der Waals surface area contributed by atoms with Gasteiger partial charge in [0.15, 0.2) is 4.77 Å². The van der Waals surface area contributed by atoms with Crippen LogP contribution in [0.5, 0.6) is 0 Å². The van der Waals surface area contributed by atoms with Gasteiger partial charge in [0.2, 0.25) is 0 Å². The highest BCUT2D eigenvalue weighted by Crippen LogP contribution is 2.24. The number of aryl methyl sites for hydroxylation is 2. The van der Waals surface area contributed by atoms with Gasteiger partial charge in [-0.05, 0) is 44.5 Å². The van der Waals surface area contributed by atoms with Crippen molar-refractivity contribution in [3.63, 3.8) is 0 Å². The van der Waals surface area contributed by atoms with Crippen molar-refractivity contribution in [2.24, 2.45) is 0 Å². The largest absolute Gasteiger partial charge is 0.298 e. The average molecular weight is 275 g/mol. The average Bonchev–Trinajstić information content (AvgIpc) is 2.80. The van der Waals surface area contributed by atoms with Crippen molar-refractivity contribution in [3.8, 4) is 0 Å². The molecule has 1 aromatic carbocycles. The van der Waals surface area contributed by atoms with E-state index < -0.39 is 0 Å². The molecular weight excluding hydrogens is 254 g/mol. The van der Waals surface area contributed by atoms with Gasteiger partial charge in [0.25, 0.3) is 0 Å². The second-order valence-corrected chi connectivity index (χ2v) is 5.82.